The Kier molecular flexibility index (Phi) is 3.04. The van der Waals surface area contributed by atoms with Gasteiger partial charge in [0, 0.05) is 12.1 Å². The average Bonchev–Trinajstić information content (AvgIpc) is 2.23. The SMILES string of the molecule is CC(C)NC1CCS(=O)(=O)c2ccccc21. The lowest BCUT2D eigenvalue weighted by molar-refractivity contribution is 0.450. The van der Waals surface area contributed by atoms with Gasteiger partial charge in [-0.3, -0.25) is 0 Å². The molecule has 16 heavy (non-hydrogen) atoms. The number of nitrogens with one attached hydrogen (secondary N) is 1. The Morgan fingerprint density at radius 1 is 1.31 bits per heavy atom. The molecule has 0 aliphatic carbocycles. The summed E-state index contributed by atoms with van der Waals surface area (Å²) in [7, 11) is -3.05. The number of sulfone groups is 1. The van der Waals surface area contributed by atoms with Gasteiger partial charge in [0.25, 0.3) is 0 Å². The minimum atomic E-state index is -3.05. The normalized spacial score (nSPS) is 23.1. The van der Waals surface area contributed by atoms with Crippen molar-refractivity contribution in [1.29, 1.82) is 0 Å². The standard InChI is InChI=1S/C12H17NO2S/c1-9(2)13-11-7-8-16(14,15)12-6-4-3-5-10(11)12/h3-6,9,11,13H,7-8H2,1-2H3. The Labute approximate surface area is 96.8 Å². The van der Waals surface area contributed by atoms with Gasteiger partial charge in [0.1, 0.15) is 0 Å². The van der Waals surface area contributed by atoms with E-state index in [0.717, 1.165) is 5.56 Å². The summed E-state index contributed by atoms with van der Waals surface area (Å²) in [5, 5.41) is 3.41. The Morgan fingerprint density at radius 3 is 2.69 bits per heavy atom. The van der Waals surface area contributed by atoms with Crippen LogP contribution in [0.5, 0.6) is 0 Å². The molecule has 1 aliphatic heterocycles. The van der Waals surface area contributed by atoms with Crippen LogP contribution in [0.4, 0.5) is 0 Å². The molecule has 4 heteroatoms. The molecule has 0 fully saturated rings. The fourth-order valence-electron chi connectivity index (χ4n) is 2.17. The van der Waals surface area contributed by atoms with Gasteiger partial charge in [0.15, 0.2) is 9.84 Å². The molecule has 3 nitrogen and oxygen atoms in total. The van der Waals surface area contributed by atoms with Crippen LogP contribution >= 0.6 is 0 Å². The van der Waals surface area contributed by atoms with Gasteiger partial charge in [-0.25, -0.2) is 8.42 Å². The first-order chi connectivity index (χ1) is 7.50. The third kappa shape index (κ3) is 2.13. The Balaban J connectivity index is 2.43. The molecule has 0 saturated heterocycles. The molecule has 1 N–H and O–H groups in total. The monoisotopic (exact) mass is 239 g/mol. The summed E-state index contributed by atoms with van der Waals surface area (Å²) < 4.78 is 23.8. The molecule has 1 unspecified atom stereocenters. The van der Waals surface area contributed by atoms with Crippen LogP contribution in [0.1, 0.15) is 31.9 Å². The molecule has 0 radical (unpaired) electrons. The molecule has 1 aromatic carbocycles. The van der Waals surface area contributed by atoms with Crippen molar-refractivity contribution in [3.05, 3.63) is 29.8 Å². The van der Waals surface area contributed by atoms with Crippen LogP contribution in [0, 0.1) is 0 Å². The summed E-state index contributed by atoms with van der Waals surface area (Å²) in [6.07, 6.45) is 0.664. The smallest absolute Gasteiger partial charge is 0.178 e. The van der Waals surface area contributed by atoms with Crippen LogP contribution in [0.15, 0.2) is 29.2 Å². The van der Waals surface area contributed by atoms with E-state index in [1.165, 1.54) is 0 Å². The summed E-state index contributed by atoms with van der Waals surface area (Å²) in [5.41, 5.74) is 0.919. The van der Waals surface area contributed by atoms with Crippen molar-refractivity contribution in [2.24, 2.45) is 0 Å². The molecule has 1 aromatic rings. The predicted molar refractivity (Wildman–Crippen MR) is 64.1 cm³/mol. The van der Waals surface area contributed by atoms with Gasteiger partial charge in [-0.15, -0.1) is 0 Å². The van der Waals surface area contributed by atoms with E-state index in [1.807, 2.05) is 12.1 Å². The highest BCUT2D eigenvalue weighted by molar-refractivity contribution is 7.91. The van der Waals surface area contributed by atoms with E-state index in [0.29, 0.717) is 17.4 Å². The third-order valence-electron chi connectivity index (χ3n) is 2.84. The molecule has 0 amide bonds. The van der Waals surface area contributed by atoms with E-state index in [2.05, 4.69) is 19.2 Å². The number of rotatable bonds is 2. The van der Waals surface area contributed by atoms with Crippen molar-refractivity contribution in [2.75, 3.05) is 5.75 Å². The van der Waals surface area contributed by atoms with Crippen LogP contribution in [0.25, 0.3) is 0 Å². The third-order valence-corrected chi connectivity index (χ3v) is 4.65. The summed E-state index contributed by atoms with van der Waals surface area (Å²) >= 11 is 0. The maximum Gasteiger partial charge on any atom is 0.178 e. The maximum atomic E-state index is 11.9. The Morgan fingerprint density at radius 2 is 2.00 bits per heavy atom. The van der Waals surface area contributed by atoms with Gasteiger partial charge in [0.05, 0.1) is 10.6 Å². The lowest BCUT2D eigenvalue weighted by Gasteiger charge is -2.27. The van der Waals surface area contributed by atoms with Crippen molar-refractivity contribution in [2.45, 2.75) is 37.2 Å². The first kappa shape index (κ1) is 11.6. The van der Waals surface area contributed by atoms with Crippen molar-refractivity contribution >= 4 is 9.84 Å². The second kappa shape index (κ2) is 4.18. The Bertz CT molecular complexity index is 480. The van der Waals surface area contributed by atoms with Crippen molar-refractivity contribution in [1.82, 2.24) is 5.32 Å². The van der Waals surface area contributed by atoms with Gasteiger partial charge in [-0.1, -0.05) is 32.0 Å². The number of hydrogen-bond acceptors (Lipinski definition) is 3. The van der Waals surface area contributed by atoms with Crippen molar-refractivity contribution in [3.63, 3.8) is 0 Å². The van der Waals surface area contributed by atoms with E-state index in [-0.39, 0.29) is 11.8 Å². The van der Waals surface area contributed by atoms with Crippen LogP contribution in [-0.2, 0) is 9.84 Å². The first-order valence-corrected chi connectivity index (χ1v) is 7.23. The van der Waals surface area contributed by atoms with E-state index >= 15 is 0 Å². The van der Waals surface area contributed by atoms with Crippen LogP contribution < -0.4 is 5.32 Å². The van der Waals surface area contributed by atoms with Crippen molar-refractivity contribution in [3.8, 4) is 0 Å². The molecule has 0 saturated carbocycles. The van der Waals surface area contributed by atoms with Crippen LogP contribution in [-0.4, -0.2) is 20.2 Å². The van der Waals surface area contributed by atoms with Gasteiger partial charge < -0.3 is 5.32 Å². The summed E-state index contributed by atoms with van der Waals surface area (Å²) in [6.45, 7) is 4.15. The fraction of sp³-hybridized carbons (Fsp3) is 0.500. The quantitative estimate of drug-likeness (QED) is 0.857. The lowest BCUT2D eigenvalue weighted by atomic mass is 10.0. The minimum absolute atomic E-state index is 0.166. The highest BCUT2D eigenvalue weighted by Gasteiger charge is 2.29. The molecular formula is C12H17NO2S. The molecule has 2 rings (SSSR count). The number of fused-ring (bicyclic) bond motifs is 1. The molecule has 0 spiro atoms. The molecule has 1 atom stereocenters. The topological polar surface area (TPSA) is 46.2 Å². The molecule has 0 aromatic heterocycles. The van der Waals surface area contributed by atoms with Gasteiger partial charge in [-0.2, -0.15) is 0 Å². The zero-order valence-corrected chi connectivity index (χ0v) is 10.4. The molecular weight excluding hydrogens is 222 g/mol. The van der Waals surface area contributed by atoms with E-state index in [9.17, 15) is 8.42 Å². The summed E-state index contributed by atoms with van der Waals surface area (Å²) in [4.78, 5) is 0.499. The van der Waals surface area contributed by atoms with Crippen molar-refractivity contribution < 1.29 is 8.42 Å². The predicted octanol–water partition coefficient (Wildman–Crippen LogP) is 1.90. The molecule has 88 valence electrons. The Hall–Kier alpha value is -0.870. The van der Waals surface area contributed by atoms with Gasteiger partial charge in [-0.05, 0) is 18.1 Å². The molecule has 1 aliphatic rings. The zero-order chi connectivity index (χ0) is 11.8. The van der Waals surface area contributed by atoms with Crippen LogP contribution in [0.2, 0.25) is 0 Å². The number of benzene rings is 1. The number of hydrogen-bond donors (Lipinski definition) is 1. The van der Waals surface area contributed by atoms with E-state index < -0.39 is 9.84 Å². The summed E-state index contributed by atoms with van der Waals surface area (Å²) in [6, 6.07) is 7.83. The largest absolute Gasteiger partial charge is 0.308 e. The molecule has 0 bridgehead atoms. The maximum absolute atomic E-state index is 11.9. The van der Waals surface area contributed by atoms with E-state index in [4.69, 9.17) is 0 Å². The van der Waals surface area contributed by atoms with Gasteiger partial charge >= 0.3 is 0 Å². The second-order valence-corrected chi connectivity index (χ2v) is 6.60. The lowest BCUT2D eigenvalue weighted by Crippen LogP contribution is -2.33. The van der Waals surface area contributed by atoms with E-state index in [1.54, 1.807) is 12.1 Å². The minimum Gasteiger partial charge on any atom is -0.308 e. The van der Waals surface area contributed by atoms with Gasteiger partial charge in [0.2, 0.25) is 0 Å². The highest BCUT2D eigenvalue weighted by atomic mass is 32.2. The zero-order valence-electron chi connectivity index (χ0n) is 9.60. The van der Waals surface area contributed by atoms with Crippen LogP contribution in [0.3, 0.4) is 0 Å². The molecule has 1 heterocycles. The summed E-state index contributed by atoms with van der Waals surface area (Å²) in [5.74, 6) is 0.244. The first-order valence-electron chi connectivity index (χ1n) is 5.58. The average molecular weight is 239 g/mol. The highest BCUT2D eigenvalue weighted by Crippen LogP contribution is 2.31. The fourth-order valence-corrected chi connectivity index (χ4v) is 3.79. The second-order valence-electron chi connectivity index (χ2n) is 4.52.